The summed E-state index contributed by atoms with van der Waals surface area (Å²) in [7, 11) is 0. The summed E-state index contributed by atoms with van der Waals surface area (Å²) in [5.41, 5.74) is 0.914. The zero-order valence-electron chi connectivity index (χ0n) is 27.7. The Balaban J connectivity index is 0.978. The second-order valence-electron chi connectivity index (χ2n) is 15.4. The third-order valence-electron chi connectivity index (χ3n) is 10.8. The number of amides is 2. The van der Waals surface area contributed by atoms with Crippen molar-refractivity contribution in [3.8, 4) is 0 Å². The molecule has 6 aliphatic heterocycles. The van der Waals surface area contributed by atoms with Gasteiger partial charge in [-0.3, -0.25) is 25.8 Å². The molecule has 0 radical (unpaired) electrons. The van der Waals surface area contributed by atoms with Gasteiger partial charge >= 0.3 is 6.09 Å². The minimum atomic E-state index is -0.798. The van der Waals surface area contributed by atoms with E-state index in [4.69, 9.17) is 4.74 Å². The van der Waals surface area contributed by atoms with Crippen molar-refractivity contribution in [2.75, 3.05) is 49.5 Å². The Kier molecular flexibility index (Phi) is 8.46. The normalized spacial score (nSPS) is 37.3. The molecule has 0 aliphatic carbocycles. The standard InChI is InChI=1S/C34H52N8O4/c1-33(2,3)46-32(44)40-20-22-18-39(19-23(22)21-40)25-13-11-24(12-14-25)36-31-35-17-26-29(38-31)42-28-10-8-9-27(37-28)34(4,45)15-6-5-7-16-41(42)30(26)43/h5,7,11-14,22-23,26-29,31,35-38,45H,6,8-10,15-21H2,1-4H3/b7-5-/t22?,23?,26?,27?,28?,29?,31?,34-/m1/s1. The smallest absolute Gasteiger partial charge is 0.410 e. The van der Waals surface area contributed by atoms with Gasteiger partial charge in [-0.2, -0.15) is 5.01 Å². The summed E-state index contributed by atoms with van der Waals surface area (Å²) in [5, 5.41) is 30.0. The van der Waals surface area contributed by atoms with Gasteiger partial charge in [0.15, 0.2) is 0 Å². The molecule has 2 bridgehead atoms. The highest BCUT2D eigenvalue weighted by atomic mass is 16.6. The van der Waals surface area contributed by atoms with Crippen molar-refractivity contribution in [1.82, 2.24) is 30.9 Å². The molecule has 2 amide bonds. The molecule has 5 fully saturated rings. The number of nitrogens with one attached hydrogen (secondary N) is 4. The maximum Gasteiger partial charge on any atom is 0.410 e. The van der Waals surface area contributed by atoms with Gasteiger partial charge in [0.1, 0.15) is 11.9 Å². The van der Waals surface area contributed by atoms with Crippen molar-refractivity contribution in [2.24, 2.45) is 17.8 Å². The summed E-state index contributed by atoms with van der Waals surface area (Å²) in [5.74, 6) is 0.858. The summed E-state index contributed by atoms with van der Waals surface area (Å²) in [4.78, 5) is 30.5. The number of aliphatic hydroxyl groups is 1. The molecule has 0 saturated carbocycles. The average molecular weight is 637 g/mol. The molecule has 1 aromatic rings. The first-order valence-corrected chi connectivity index (χ1v) is 17.3. The topological polar surface area (TPSA) is 125 Å². The fourth-order valence-electron chi connectivity index (χ4n) is 8.35. The lowest BCUT2D eigenvalue weighted by atomic mass is 9.85. The van der Waals surface area contributed by atoms with Crippen LogP contribution in [0.3, 0.4) is 0 Å². The van der Waals surface area contributed by atoms with Crippen LogP contribution in [0.15, 0.2) is 36.4 Å². The van der Waals surface area contributed by atoms with E-state index in [0.717, 1.165) is 57.5 Å². The molecule has 7 unspecified atom stereocenters. The van der Waals surface area contributed by atoms with Crippen molar-refractivity contribution in [3.05, 3.63) is 36.4 Å². The number of allylic oxidation sites excluding steroid dienone is 1. The van der Waals surface area contributed by atoms with Crippen LogP contribution in [0.25, 0.3) is 0 Å². The van der Waals surface area contributed by atoms with E-state index in [-0.39, 0.29) is 42.6 Å². The van der Waals surface area contributed by atoms with Gasteiger partial charge in [-0.15, -0.1) is 0 Å². The Morgan fingerprint density at radius 2 is 1.78 bits per heavy atom. The Labute approximate surface area is 272 Å². The second kappa shape index (κ2) is 12.3. The summed E-state index contributed by atoms with van der Waals surface area (Å²) >= 11 is 0. The van der Waals surface area contributed by atoms with Crippen molar-refractivity contribution < 1.29 is 19.4 Å². The number of ether oxygens (including phenoxy) is 1. The highest BCUT2D eigenvalue weighted by molar-refractivity contribution is 5.82. The van der Waals surface area contributed by atoms with Crippen LogP contribution >= 0.6 is 0 Å². The molecule has 0 aromatic heterocycles. The summed E-state index contributed by atoms with van der Waals surface area (Å²) in [6.07, 6.45) is 7.93. The molecule has 7 rings (SSSR count). The van der Waals surface area contributed by atoms with Gasteiger partial charge in [0.05, 0.1) is 30.4 Å². The minimum Gasteiger partial charge on any atom is -0.444 e. The minimum absolute atomic E-state index is 0.0120. The molecule has 5 N–H and O–H groups in total. The molecule has 0 spiro atoms. The van der Waals surface area contributed by atoms with Crippen LogP contribution in [0.5, 0.6) is 0 Å². The molecule has 252 valence electrons. The van der Waals surface area contributed by atoms with E-state index in [2.05, 4.69) is 67.6 Å². The number of piperidine rings is 1. The van der Waals surface area contributed by atoms with E-state index in [0.29, 0.717) is 31.3 Å². The maximum absolute atomic E-state index is 13.7. The lowest BCUT2D eigenvalue weighted by Crippen LogP contribution is -2.69. The molecule has 12 heteroatoms. The lowest BCUT2D eigenvalue weighted by Gasteiger charge is -2.47. The van der Waals surface area contributed by atoms with Gasteiger partial charge in [0.25, 0.3) is 0 Å². The molecule has 12 nitrogen and oxygen atoms in total. The summed E-state index contributed by atoms with van der Waals surface area (Å²) in [6.45, 7) is 12.2. The van der Waals surface area contributed by atoms with Crippen LogP contribution in [-0.2, 0) is 9.53 Å². The molecule has 5 saturated heterocycles. The van der Waals surface area contributed by atoms with Crippen LogP contribution in [0.2, 0.25) is 0 Å². The molecule has 46 heavy (non-hydrogen) atoms. The predicted molar refractivity (Wildman–Crippen MR) is 176 cm³/mol. The molecule has 1 aromatic carbocycles. The number of benzene rings is 1. The van der Waals surface area contributed by atoms with E-state index in [1.165, 1.54) is 5.69 Å². The highest BCUT2D eigenvalue weighted by Gasteiger charge is 2.53. The third-order valence-corrected chi connectivity index (χ3v) is 10.8. The molecule has 6 aliphatic rings. The van der Waals surface area contributed by atoms with Gasteiger partial charge in [-0.1, -0.05) is 12.2 Å². The first kappa shape index (κ1) is 31.7. The maximum atomic E-state index is 13.7. The third kappa shape index (κ3) is 6.34. The van der Waals surface area contributed by atoms with Gasteiger partial charge in [-0.05, 0) is 84.1 Å². The Morgan fingerprint density at radius 1 is 1.04 bits per heavy atom. The number of hydrogen-bond acceptors (Lipinski definition) is 10. The number of fused-ring (bicyclic) bond motifs is 7. The van der Waals surface area contributed by atoms with E-state index in [1.54, 1.807) is 0 Å². The highest BCUT2D eigenvalue weighted by Crippen LogP contribution is 2.36. The number of carbonyl (C=O) groups is 2. The van der Waals surface area contributed by atoms with E-state index >= 15 is 0 Å². The van der Waals surface area contributed by atoms with Gasteiger partial charge in [0.2, 0.25) is 5.91 Å². The number of hydrazine groups is 1. The Hall–Kier alpha value is -2.90. The molecule has 6 heterocycles. The van der Waals surface area contributed by atoms with Crippen LogP contribution in [0.1, 0.15) is 59.8 Å². The van der Waals surface area contributed by atoms with Crippen molar-refractivity contribution in [2.45, 2.75) is 95.7 Å². The monoisotopic (exact) mass is 636 g/mol. The van der Waals surface area contributed by atoms with Gasteiger partial charge < -0.3 is 25.0 Å². The SMILES string of the molecule is CC(C)(C)OC(=O)N1CC2CN(c3ccc(NC4NCC5C(=O)N6C/C=C\CC[C@@](C)(O)C7CCCC(N7)N6C5N4)cc3)CC2C1. The fourth-order valence-corrected chi connectivity index (χ4v) is 8.35. The van der Waals surface area contributed by atoms with Crippen molar-refractivity contribution in [1.29, 1.82) is 0 Å². The largest absolute Gasteiger partial charge is 0.444 e. The number of carbonyl (C=O) groups excluding carboxylic acids is 2. The molecular formula is C34H52N8O4. The first-order valence-electron chi connectivity index (χ1n) is 17.3. The zero-order valence-corrected chi connectivity index (χ0v) is 27.7. The first-order chi connectivity index (χ1) is 21.9. The zero-order chi connectivity index (χ0) is 32.2. The predicted octanol–water partition coefficient (Wildman–Crippen LogP) is 2.45. The summed E-state index contributed by atoms with van der Waals surface area (Å²) in [6, 6.07) is 8.55. The Bertz CT molecular complexity index is 1300. The molecular weight excluding hydrogens is 584 g/mol. The van der Waals surface area contributed by atoms with Crippen molar-refractivity contribution >= 4 is 23.4 Å². The number of nitrogens with zero attached hydrogens (tertiary/aromatic N) is 4. The molecule has 8 atom stereocenters. The number of likely N-dealkylation sites (tertiary alicyclic amines) is 1. The van der Waals surface area contributed by atoms with Crippen LogP contribution in [-0.4, -0.2) is 107 Å². The number of anilines is 2. The second-order valence-corrected chi connectivity index (χ2v) is 15.4. The fraction of sp³-hybridized carbons (Fsp3) is 0.706. The Morgan fingerprint density at radius 3 is 2.50 bits per heavy atom. The van der Waals surface area contributed by atoms with Gasteiger partial charge in [-0.25, -0.2) is 4.79 Å². The van der Waals surface area contributed by atoms with Gasteiger partial charge in [0, 0.05) is 62.0 Å². The van der Waals surface area contributed by atoms with Crippen molar-refractivity contribution in [3.63, 3.8) is 0 Å². The lowest BCUT2D eigenvalue weighted by molar-refractivity contribution is -0.146. The summed E-state index contributed by atoms with van der Waals surface area (Å²) < 4.78 is 5.60. The van der Waals surface area contributed by atoms with E-state index < -0.39 is 11.2 Å². The average Bonchev–Trinajstić information content (AvgIpc) is 3.67. The van der Waals surface area contributed by atoms with Crippen LogP contribution < -0.4 is 26.2 Å². The van der Waals surface area contributed by atoms with E-state index in [9.17, 15) is 14.7 Å². The van der Waals surface area contributed by atoms with E-state index in [1.807, 2.05) is 37.6 Å². The quantitative estimate of drug-likeness (QED) is 0.316. The van der Waals surface area contributed by atoms with Crippen LogP contribution in [0.4, 0.5) is 16.2 Å². The number of hydrogen-bond donors (Lipinski definition) is 5. The number of rotatable bonds is 3. The van der Waals surface area contributed by atoms with Crippen LogP contribution in [0, 0.1) is 17.8 Å².